The zero-order chi connectivity index (χ0) is 28.7. The van der Waals surface area contributed by atoms with Gasteiger partial charge in [-0.2, -0.15) is 5.10 Å². The van der Waals surface area contributed by atoms with Crippen molar-refractivity contribution in [3.63, 3.8) is 0 Å². The van der Waals surface area contributed by atoms with Crippen LogP contribution < -0.4 is 5.01 Å². The average Bonchev–Trinajstić information content (AvgIpc) is 3.36. The number of esters is 2. The Morgan fingerprint density at radius 2 is 1.20 bits per heavy atom. The van der Waals surface area contributed by atoms with Crippen LogP contribution in [0.4, 0.5) is 5.69 Å². The van der Waals surface area contributed by atoms with Gasteiger partial charge in [-0.1, -0.05) is 60.7 Å². The van der Waals surface area contributed by atoms with Crippen molar-refractivity contribution in [3.8, 4) is 0 Å². The molecule has 1 fully saturated rings. The number of fused-ring (bicyclic) bond motifs is 1. The molecule has 1 heterocycles. The SMILES string of the molecule is COC(=O)C1=C(C(=O)OC)[C@@H]2C=C[C@H]1[C@@H]1[C@H]2[C@H]2C(c3ccccc3)=NN(c3ccccc3)[C@H]21.[C-]#[O+].[C-]#[O+].[C-]#[O+].[Fe]. The largest absolute Gasteiger partial charge is 0 e. The molecule has 10 heteroatoms. The van der Waals surface area contributed by atoms with Crippen LogP contribution in [0, 0.1) is 49.5 Å². The number of rotatable bonds is 4. The van der Waals surface area contributed by atoms with Crippen LogP contribution in [0.3, 0.4) is 0 Å². The molecule has 0 saturated heterocycles. The molecule has 0 amide bonds. The summed E-state index contributed by atoms with van der Waals surface area (Å²) in [6.45, 7) is 13.5. The van der Waals surface area contributed by atoms with Crippen LogP contribution in [0.5, 0.6) is 0 Å². The van der Waals surface area contributed by atoms with E-state index in [1.807, 2.05) is 36.4 Å². The summed E-state index contributed by atoms with van der Waals surface area (Å²) in [7, 11) is 2.72. The number of nitrogens with zero attached hydrogens (tertiary/aromatic N) is 2. The van der Waals surface area contributed by atoms with E-state index in [2.05, 4.69) is 61.4 Å². The van der Waals surface area contributed by atoms with Gasteiger partial charge in [0.1, 0.15) is 0 Å². The maximum Gasteiger partial charge on any atom is 0 e. The average molecular weight is 580 g/mol. The van der Waals surface area contributed by atoms with Gasteiger partial charge >= 0.3 is 45.8 Å². The number of ether oxygens (including phenoxy) is 2. The van der Waals surface area contributed by atoms with Crippen LogP contribution in [-0.4, -0.2) is 37.9 Å². The second-order valence-corrected chi connectivity index (χ2v) is 8.95. The molecule has 0 unspecified atom stereocenters. The molecule has 40 heavy (non-hydrogen) atoms. The number of hydrogen-bond donors (Lipinski definition) is 0. The van der Waals surface area contributed by atoms with Crippen LogP contribution in [-0.2, 0) is 50.1 Å². The third-order valence-electron chi connectivity index (χ3n) is 7.65. The normalized spacial score (nSPS) is 25.6. The molecule has 4 aliphatic carbocycles. The van der Waals surface area contributed by atoms with E-state index in [9.17, 15) is 9.59 Å². The van der Waals surface area contributed by atoms with Gasteiger partial charge in [0.25, 0.3) is 0 Å². The quantitative estimate of drug-likeness (QED) is 0.180. The number of carbonyl (C=O) groups excluding carboxylic acids is 2. The summed E-state index contributed by atoms with van der Waals surface area (Å²) < 4.78 is 32.7. The van der Waals surface area contributed by atoms with Crippen LogP contribution in [0.1, 0.15) is 5.56 Å². The second kappa shape index (κ2) is 14.5. The molecule has 2 aromatic rings. The third-order valence-corrected chi connectivity index (χ3v) is 7.65. The van der Waals surface area contributed by atoms with Crippen molar-refractivity contribution >= 4 is 23.3 Å². The van der Waals surface area contributed by atoms with Gasteiger partial charge in [-0.05, 0) is 29.5 Å². The van der Waals surface area contributed by atoms with Crippen LogP contribution in [0.2, 0.25) is 0 Å². The van der Waals surface area contributed by atoms with Gasteiger partial charge in [-0.25, -0.2) is 9.59 Å². The van der Waals surface area contributed by atoms with Gasteiger partial charge < -0.3 is 9.47 Å². The molecule has 204 valence electrons. The number of hydrogen-bond acceptors (Lipinski definition) is 6. The summed E-state index contributed by atoms with van der Waals surface area (Å²) in [5, 5.41) is 7.25. The summed E-state index contributed by atoms with van der Waals surface area (Å²) in [4.78, 5) is 25.7. The predicted molar refractivity (Wildman–Crippen MR) is 135 cm³/mol. The maximum atomic E-state index is 12.8. The van der Waals surface area contributed by atoms with Crippen LogP contribution in [0.15, 0.2) is 89.1 Å². The fraction of sp³-hybridized carbons (Fsp3) is 0.267. The standard InChI is InChI=1S/C27H24N2O4.3CO.Fe/c1-32-26(30)21-17-13-14-18(22(21)27(31)33-2)20-19(17)23-24(15-9-5-3-6-10-15)28-29(25(20)23)16-11-7-4-8-12-16;3*1-2;/h3-14,17-20,23,25H,1-2H3;;;;/t17-,18+,19+,20-,23+,25+;;;;/m1..../s1. The van der Waals surface area contributed by atoms with Gasteiger partial charge in [-0.3, -0.25) is 5.01 Å². The number of allylic oxidation sites excluding steroid dienone is 2. The topological polar surface area (TPSA) is 128 Å². The van der Waals surface area contributed by atoms with Gasteiger partial charge in [0, 0.05) is 34.8 Å². The third kappa shape index (κ3) is 5.15. The van der Waals surface area contributed by atoms with Gasteiger partial charge in [0.05, 0.1) is 42.8 Å². The van der Waals surface area contributed by atoms with Crippen molar-refractivity contribution in [2.45, 2.75) is 6.04 Å². The Hall–Kier alpha value is -3.93. The van der Waals surface area contributed by atoms with Crippen molar-refractivity contribution < 1.29 is 50.1 Å². The molecule has 0 aromatic heterocycles. The minimum atomic E-state index is -0.454. The summed E-state index contributed by atoms with van der Waals surface area (Å²) in [5.41, 5.74) is 4.04. The molecule has 1 aliphatic heterocycles. The zero-order valence-electron chi connectivity index (χ0n) is 21.5. The smallest absolute Gasteiger partial charge is 0 e. The summed E-state index contributed by atoms with van der Waals surface area (Å²) in [6, 6.07) is 20.5. The molecule has 0 N–H and O–H groups in total. The van der Waals surface area contributed by atoms with E-state index in [4.69, 9.17) is 28.5 Å². The molecular weight excluding hydrogens is 556 g/mol. The van der Waals surface area contributed by atoms with E-state index in [0.29, 0.717) is 11.1 Å². The Kier molecular flexibility index (Phi) is 11.7. The first kappa shape index (κ1) is 32.3. The Balaban J connectivity index is 0.000000753. The number of carbonyl (C=O) groups is 2. The molecular formula is C30H24FeN2O7. The van der Waals surface area contributed by atoms with Gasteiger partial charge in [0.2, 0.25) is 0 Å². The first-order valence-corrected chi connectivity index (χ1v) is 11.8. The Morgan fingerprint density at radius 3 is 1.68 bits per heavy atom. The van der Waals surface area contributed by atoms with Crippen molar-refractivity contribution in [2.24, 2.45) is 34.7 Å². The second-order valence-electron chi connectivity index (χ2n) is 8.95. The maximum absolute atomic E-state index is 12.8. The monoisotopic (exact) mass is 580 g/mol. The fourth-order valence-corrected chi connectivity index (χ4v) is 6.43. The number of para-hydroxylation sites is 1. The van der Waals surface area contributed by atoms with E-state index < -0.39 is 11.9 Å². The summed E-state index contributed by atoms with van der Waals surface area (Å²) >= 11 is 0. The molecule has 1 saturated carbocycles. The molecule has 5 aliphatic rings. The van der Waals surface area contributed by atoms with Crippen molar-refractivity contribution in [1.82, 2.24) is 0 Å². The number of anilines is 1. The van der Waals surface area contributed by atoms with E-state index in [-0.39, 0.29) is 52.7 Å². The number of methoxy groups -OCH3 is 2. The Morgan fingerprint density at radius 1 is 0.750 bits per heavy atom. The molecule has 9 nitrogen and oxygen atoms in total. The van der Waals surface area contributed by atoms with E-state index >= 15 is 0 Å². The molecule has 0 radical (unpaired) electrons. The van der Waals surface area contributed by atoms with Gasteiger partial charge in [0.15, 0.2) is 0 Å². The predicted octanol–water partition coefficient (Wildman–Crippen LogP) is 3.49. The molecule has 7 rings (SSSR count). The van der Waals surface area contributed by atoms with Crippen molar-refractivity contribution in [1.29, 1.82) is 0 Å². The molecule has 0 spiro atoms. The minimum Gasteiger partial charge on any atom is 0 e. The van der Waals surface area contributed by atoms with E-state index in [0.717, 1.165) is 17.0 Å². The zero-order valence-corrected chi connectivity index (χ0v) is 22.6. The van der Waals surface area contributed by atoms with Crippen LogP contribution in [0.25, 0.3) is 0 Å². The number of hydrazone groups is 1. The van der Waals surface area contributed by atoms with Gasteiger partial charge in [-0.15, -0.1) is 0 Å². The molecule has 2 aromatic carbocycles. The minimum absolute atomic E-state index is 0. The van der Waals surface area contributed by atoms with Crippen molar-refractivity contribution in [2.75, 3.05) is 19.2 Å². The van der Waals surface area contributed by atoms with Crippen LogP contribution >= 0.6 is 0 Å². The molecule has 6 atom stereocenters. The Labute approximate surface area is 242 Å². The summed E-state index contributed by atoms with van der Waals surface area (Å²) in [6.07, 6.45) is 4.15. The first-order chi connectivity index (χ1) is 19.2. The molecule has 2 bridgehead atoms. The number of benzene rings is 2. The van der Waals surface area contributed by atoms with Crippen molar-refractivity contribution in [3.05, 3.63) is 109 Å². The van der Waals surface area contributed by atoms with E-state index in [1.54, 1.807) is 0 Å². The summed E-state index contributed by atoms with van der Waals surface area (Å²) in [5.74, 6) is -0.851. The Bertz CT molecular complexity index is 1350. The fourth-order valence-electron chi connectivity index (χ4n) is 6.43. The van der Waals surface area contributed by atoms with E-state index in [1.165, 1.54) is 14.2 Å². The first-order valence-electron chi connectivity index (χ1n) is 11.8.